The molecule has 1 aromatic rings. The van der Waals surface area contributed by atoms with Gasteiger partial charge < -0.3 is 15.2 Å². The lowest BCUT2D eigenvalue weighted by atomic mass is 10.2. The van der Waals surface area contributed by atoms with E-state index in [9.17, 15) is 4.79 Å². The third-order valence-electron chi connectivity index (χ3n) is 2.56. The van der Waals surface area contributed by atoms with Crippen molar-refractivity contribution in [1.82, 2.24) is 20.2 Å². The molecule has 0 atom stereocenters. The molecule has 0 radical (unpaired) electrons. The summed E-state index contributed by atoms with van der Waals surface area (Å²) in [7, 11) is 1.90. The molecule has 0 aliphatic heterocycles. The van der Waals surface area contributed by atoms with Gasteiger partial charge in [-0.1, -0.05) is 0 Å². The number of unbranched alkanes of at least 4 members (excludes halogenated alkanes) is 1. The summed E-state index contributed by atoms with van der Waals surface area (Å²) in [6, 6.07) is 0. The number of imidazole rings is 1. The maximum Gasteiger partial charge on any atom is 0.220 e. The normalized spacial score (nSPS) is 10.4. The van der Waals surface area contributed by atoms with Gasteiger partial charge in [-0.2, -0.15) is 0 Å². The molecule has 5 nitrogen and oxygen atoms in total. The van der Waals surface area contributed by atoms with Crippen LogP contribution in [-0.4, -0.2) is 35.6 Å². The van der Waals surface area contributed by atoms with Gasteiger partial charge in [0, 0.05) is 31.9 Å². The second-order valence-corrected chi connectivity index (χ2v) is 4.06. The summed E-state index contributed by atoms with van der Waals surface area (Å²) in [6.07, 6.45) is 9.14. The molecule has 1 aromatic heterocycles. The summed E-state index contributed by atoms with van der Waals surface area (Å²) in [5, 5.41) is 5.96. The van der Waals surface area contributed by atoms with E-state index in [4.69, 9.17) is 0 Å². The predicted octanol–water partition coefficient (Wildman–Crippen LogP) is 0.779. The molecule has 0 aliphatic carbocycles. The molecule has 5 heteroatoms. The zero-order chi connectivity index (χ0) is 12.3. The van der Waals surface area contributed by atoms with Crippen LogP contribution in [0.4, 0.5) is 0 Å². The van der Waals surface area contributed by atoms with Gasteiger partial charge in [0.2, 0.25) is 5.91 Å². The SMILES string of the molecule is CNCCCC(=O)NCCCCn1ccnc1. The van der Waals surface area contributed by atoms with E-state index in [0.29, 0.717) is 6.42 Å². The van der Waals surface area contributed by atoms with Crippen LogP contribution < -0.4 is 10.6 Å². The molecule has 0 spiro atoms. The van der Waals surface area contributed by atoms with Crippen LogP contribution in [0, 0.1) is 0 Å². The molecule has 0 saturated carbocycles. The minimum Gasteiger partial charge on any atom is -0.356 e. The highest BCUT2D eigenvalue weighted by Crippen LogP contribution is 1.94. The number of nitrogens with one attached hydrogen (secondary N) is 2. The average Bonchev–Trinajstić information content (AvgIpc) is 2.82. The summed E-state index contributed by atoms with van der Waals surface area (Å²) in [6.45, 7) is 2.64. The third kappa shape index (κ3) is 6.73. The molecule has 0 bridgehead atoms. The van der Waals surface area contributed by atoms with E-state index in [-0.39, 0.29) is 5.91 Å². The van der Waals surface area contributed by atoms with Crippen LogP contribution in [0.5, 0.6) is 0 Å². The van der Waals surface area contributed by atoms with E-state index in [2.05, 4.69) is 20.2 Å². The number of amides is 1. The molecule has 0 fully saturated rings. The van der Waals surface area contributed by atoms with Crippen LogP contribution in [0.15, 0.2) is 18.7 Å². The number of carbonyl (C=O) groups is 1. The molecule has 1 heterocycles. The Labute approximate surface area is 103 Å². The molecule has 96 valence electrons. The van der Waals surface area contributed by atoms with Gasteiger partial charge >= 0.3 is 0 Å². The molecule has 0 aliphatic rings. The topological polar surface area (TPSA) is 59.0 Å². The van der Waals surface area contributed by atoms with Gasteiger partial charge in [-0.15, -0.1) is 0 Å². The van der Waals surface area contributed by atoms with E-state index < -0.39 is 0 Å². The molecule has 17 heavy (non-hydrogen) atoms. The van der Waals surface area contributed by atoms with Gasteiger partial charge in [0.1, 0.15) is 0 Å². The van der Waals surface area contributed by atoms with E-state index in [1.165, 1.54) is 0 Å². The van der Waals surface area contributed by atoms with Gasteiger partial charge in [0.05, 0.1) is 6.33 Å². The highest BCUT2D eigenvalue weighted by atomic mass is 16.1. The zero-order valence-corrected chi connectivity index (χ0v) is 10.5. The number of aromatic nitrogens is 2. The van der Waals surface area contributed by atoms with E-state index in [1.54, 1.807) is 6.20 Å². The number of aryl methyl sites for hydroxylation is 1. The Hall–Kier alpha value is -1.36. The Balaban J connectivity index is 1.91. The molecule has 0 aromatic carbocycles. The maximum absolute atomic E-state index is 11.4. The summed E-state index contributed by atoms with van der Waals surface area (Å²) >= 11 is 0. The first-order chi connectivity index (χ1) is 8.33. The molecular formula is C12H22N4O. The second-order valence-electron chi connectivity index (χ2n) is 4.06. The molecule has 2 N–H and O–H groups in total. The lowest BCUT2D eigenvalue weighted by molar-refractivity contribution is -0.121. The fraction of sp³-hybridized carbons (Fsp3) is 0.667. The number of hydrogen-bond donors (Lipinski definition) is 2. The van der Waals surface area contributed by atoms with Crippen molar-refractivity contribution in [1.29, 1.82) is 0 Å². The highest BCUT2D eigenvalue weighted by molar-refractivity contribution is 5.75. The quantitative estimate of drug-likeness (QED) is 0.625. The van der Waals surface area contributed by atoms with Crippen molar-refractivity contribution in [3.63, 3.8) is 0 Å². The Morgan fingerprint density at radius 1 is 1.29 bits per heavy atom. The van der Waals surface area contributed by atoms with Crippen LogP contribution >= 0.6 is 0 Å². The Morgan fingerprint density at radius 2 is 2.18 bits per heavy atom. The summed E-state index contributed by atoms with van der Waals surface area (Å²) < 4.78 is 2.05. The van der Waals surface area contributed by atoms with Gasteiger partial charge in [0.25, 0.3) is 0 Å². The van der Waals surface area contributed by atoms with Gasteiger partial charge in [-0.05, 0) is 32.9 Å². The van der Waals surface area contributed by atoms with Crippen LogP contribution in [0.1, 0.15) is 25.7 Å². The van der Waals surface area contributed by atoms with Crippen molar-refractivity contribution >= 4 is 5.91 Å². The van der Waals surface area contributed by atoms with Crippen molar-refractivity contribution in [3.8, 4) is 0 Å². The van der Waals surface area contributed by atoms with E-state index in [1.807, 2.05) is 19.6 Å². The lowest BCUT2D eigenvalue weighted by Gasteiger charge is -2.05. The first-order valence-electron chi connectivity index (χ1n) is 6.20. The Bertz CT molecular complexity index is 297. The monoisotopic (exact) mass is 238 g/mol. The summed E-state index contributed by atoms with van der Waals surface area (Å²) in [5.74, 6) is 0.155. The zero-order valence-electron chi connectivity index (χ0n) is 10.5. The molecule has 0 unspecified atom stereocenters. The predicted molar refractivity (Wildman–Crippen MR) is 67.6 cm³/mol. The average molecular weight is 238 g/mol. The van der Waals surface area contributed by atoms with E-state index in [0.717, 1.165) is 38.9 Å². The van der Waals surface area contributed by atoms with Crippen molar-refractivity contribution < 1.29 is 4.79 Å². The fourth-order valence-corrected chi connectivity index (χ4v) is 1.58. The largest absolute Gasteiger partial charge is 0.356 e. The third-order valence-corrected chi connectivity index (χ3v) is 2.56. The number of carbonyl (C=O) groups excluding carboxylic acids is 1. The number of rotatable bonds is 9. The summed E-state index contributed by atoms with van der Waals surface area (Å²) in [5.41, 5.74) is 0. The van der Waals surface area contributed by atoms with Crippen LogP contribution in [0.3, 0.4) is 0 Å². The maximum atomic E-state index is 11.4. The van der Waals surface area contributed by atoms with Crippen LogP contribution in [0.2, 0.25) is 0 Å². The van der Waals surface area contributed by atoms with Crippen molar-refractivity contribution in [2.75, 3.05) is 20.1 Å². The van der Waals surface area contributed by atoms with Gasteiger partial charge in [-0.25, -0.2) is 4.98 Å². The van der Waals surface area contributed by atoms with Crippen LogP contribution in [0.25, 0.3) is 0 Å². The molecular weight excluding hydrogens is 216 g/mol. The van der Waals surface area contributed by atoms with Gasteiger partial charge in [-0.3, -0.25) is 4.79 Å². The molecule has 0 saturated heterocycles. The highest BCUT2D eigenvalue weighted by Gasteiger charge is 1.99. The van der Waals surface area contributed by atoms with Gasteiger partial charge in [0.15, 0.2) is 0 Å². The standard InChI is InChI=1S/C12H22N4O/c1-13-6-4-5-12(17)15-7-2-3-9-16-10-8-14-11-16/h8,10-11,13H,2-7,9H2,1H3,(H,15,17). The van der Waals surface area contributed by atoms with Crippen molar-refractivity contribution in [3.05, 3.63) is 18.7 Å². The number of nitrogens with zero attached hydrogens (tertiary/aromatic N) is 2. The molecule has 1 rings (SSSR count). The minimum atomic E-state index is 0.155. The van der Waals surface area contributed by atoms with E-state index >= 15 is 0 Å². The smallest absolute Gasteiger partial charge is 0.220 e. The second kappa shape index (κ2) is 8.75. The minimum absolute atomic E-state index is 0.155. The Kier molecular flexibility index (Phi) is 7.06. The fourth-order valence-electron chi connectivity index (χ4n) is 1.58. The first-order valence-corrected chi connectivity index (χ1v) is 6.20. The van der Waals surface area contributed by atoms with Crippen molar-refractivity contribution in [2.45, 2.75) is 32.2 Å². The lowest BCUT2D eigenvalue weighted by Crippen LogP contribution is -2.25. The Morgan fingerprint density at radius 3 is 2.88 bits per heavy atom. The van der Waals surface area contributed by atoms with Crippen LogP contribution in [-0.2, 0) is 11.3 Å². The summed E-state index contributed by atoms with van der Waals surface area (Å²) in [4.78, 5) is 15.3. The van der Waals surface area contributed by atoms with Crippen molar-refractivity contribution in [2.24, 2.45) is 0 Å². The molecule has 1 amide bonds. The number of hydrogen-bond acceptors (Lipinski definition) is 3. The first kappa shape index (κ1) is 13.7.